The highest BCUT2D eigenvalue weighted by Gasteiger charge is 2.53. The molecule has 0 spiro atoms. The Balaban J connectivity index is 3.02. The van der Waals surface area contributed by atoms with Gasteiger partial charge in [-0.15, -0.1) is 0 Å². The first-order chi connectivity index (χ1) is 9.45. The van der Waals surface area contributed by atoms with E-state index in [1.165, 1.54) is 6.42 Å². The maximum Gasteiger partial charge on any atom is 0.317 e. The molecule has 0 aromatic carbocycles. The summed E-state index contributed by atoms with van der Waals surface area (Å²) in [7, 11) is -8.78. The van der Waals surface area contributed by atoms with Crippen LogP contribution < -0.4 is 0 Å². The normalized spacial score (nSPS) is 36.0. The van der Waals surface area contributed by atoms with Crippen LogP contribution in [0.5, 0.6) is 0 Å². The van der Waals surface area contributed by atoms with Gasteiger partial charge in [0, 0.05) is 0 Å². The molecule has 0 aromatic rings. The highest BCUT2D eigenvalue weighted by atomic mass is 28.5. The lowest BCUT2D eigenvalue weighted by Crippen LogP contribution is -2.65. The molecule has 0 aromatic heterocycles. The lowest BCUT2D eigenvalue weighted by Gasteiger charge is -2.48. The third-order valence-corrected chi connectivity index (χ3v) is 21.0. The largest absolute Gasteiger partial charge is 0.416 e. The van der Waals surface area contributed by atoms with Crippen LogP contribution in [0.1, 0.15) is 33.1 Å². The van der Waals surface area contributed by atoms with Crippen LogP contribution >= 0.6 is 0 Å². The van der Waals surface area contributed by atoms with Crippen molar-refractivity contribution in [2.45, 2.75) is 84.5 Å². The highest BCUT2D eigenvalue weighted by molar-refractivity contribution is 6.93. The number of unbranched alkanes of at least 4 members (excludes halogenated alkanes) is 1. The first-order valence-corrected chi connectivity index (χ1v) is 18.9. The van der Waals surface area contributed by atoms with Crippen molar-refractivity contribution in [3.63, 3.8) is 0 Å². The van der Waals surface area contributed by atoms with Crippen molar-refractivity contribution in [1.29, 1.82) is 0 Å². The van der Waals surface area contributed by atoms with E-state index < -0.39 is 34.2 Å². The predicted octanol–water partition coefficient (Wildman–Crippen LogP) is 4.82. The lowest BCUT2D eigenvalue weighted by molar-refractivity contribution is 0.229. The van der Waals surface area contributed by atoms with Crippen LogP contribution in [0, 0.1) is 0 Å². The molecule has 1 heterocycles. The summed E-state index contributed by atoms with van der Waals surface area (Å²) in [4.78, 5) is 0. The molecule has 0 atom stereocenters. The summed E-state index contributed by atoms with van der Waals surface area (Å²) in [5.41, 5.74) is 0. The molecule has 1 fully saturated rings. The summed E-state index contributed by atoms with van der Waals surface area (Å²) >= 11 is 0. The van der Waals surface area contributed by atoms with Gasteiger partial charge in [-0.1, -0.05) is 33.1 Å². The number of rotatable bonds is 5. The topological polar surface area (TPSA) is 36.9 Å². The lowest BCUT2D eigenvalue weighted by atomic mass is 10.4. The fraction of sp³-hybridized carbons (Fsp3) is 1.00. The molecule has 0 N–H and O–H groups in total. The van der Waals surface area contributed by atoms with Gasteiger partial charge in [-0.25, -0.2) is 0 Å². The summed E-state index contributed by atoms with van der Waals surface area (Å²) in [5.74, 6) is 0. The first-order valence-electron chi connectivity index (χ1n) is 8.25. The zero-order valence-electron chi connectivity index (χ0n) is 15.2. The Morgan fingerprint density at radius 1 is 0.571 bits per heavy atom. The van der Waals surface area contributed by atoms with Crippen LogP contribution in [0.2, 0.25) is 51.4 Å². The van der Waals surface area contributed by atoms with Crippen molar-refractivity contribution in [1.82, 2.24) is 0 Å². The molecule has 21 heavy (non-hydrogen) atoms. The molecular weight excluding hydrogens is 332 g/mol. The van der Waals surface area contributed by atoms with Gasteiger partial charge in [-0.3, -0.25) is 0 Å². The van der Waals surface area contributed by atoms with Crippen LogP contribution in [0.3, 0.4) is 0 Å². The predicted molar refractivity (Wildman–Crippen MR) is 97.4 cm³/mol. The number of hydrogen-bond donors (Lipinski definition) is 0. The Morgan fingerprint density at radius 3 is 1.29 bits per heavy atom. The molecule has 0 radical (unpaired) electrons. The summed E-state index contributed by atoms with van der Waals surface area (Å²) in [6.45, 7) is 17.4. The van der Waals surface area contributed by atoms with Crippen LogP contribution in [0.4, 0.5) is 0 Å². The third kappa shape index (κ3) is 6.38. The Kier molecular flexibility index (Phi) is 6.66. The van der Waals surface area contributed by atoms with Crippen LogP contribution in [0.15, 0.2) is 0 Å². The quantitative estimate of drug-likeness (QED) is 0.653. The zero-order valence-corrected chi connectivity index (χ0v) is 19.2. The van der Waals surface area contributed by atoms with Crippen LogP contribution in [0.25, 0.3) is 0 Å². The van der Waals surface area contributed by atoms with Gasteiger partial charge in [-0.05, 0) is 51.4 Å². The fourth-order valence-electron chi connectivity index (χ4n) is 3.32. The summed E-state index contributed by atoms with van der Waals surface area (Å²) in [5, 5.41) is 0. The van der Waals surface area contributed by atoms with Crippen molar-refractivity contribution < 1.29 is 16.5 Å². The first kappa shape index (κ1) is 19.8. The van der Waals surface area contributed by atoms with Crippen molar-refractivity contribution in [3.8, 4) is 0 Å². The summed E-state index contributed by atoms with van der Waals surface area (Å²) < 4.78 is 26.2. The van der Waals surface area contributed by atoms with Gasteiger partial charge in [0.25, 0.3) is 0 Å². The Labute approximate surface area is 135 Å². The molecule has 0 aliphatic carbocycles. The van der Waals surface area contributed by atoms with Crippen molar-refractivity contribution >= 4 is 34.2 Å². The SMILES string of the molecule is CCCC[Si]1(C)O[Si](C)(C)O[Si](C)(CCC)O[Si](C)(C)O1. The van der Waals surface area contributed by atoms with E-state index in [2.05, 4.69) is 53.1 Å². The molecule has 0 saturated carbocycles. The van der Waals surface area contributed by atoms with Crippen molar-refractivity contribution in [2.75, 3.05) is 0 Å². The molecule has 1 saturated heterocycles. The van der Waals surface area contributed by atoms with Crippen LogP contribution in [-0.2, 0) is 16.5 Å². The van der Waals surface area contributed by atoms with Gasteiger partial charge in [0.15, 0.2) is 0 Å². The van der Waals surface area contributed by atoms with Gasteiger partial charge in [0.2, 0.25) is 0 Å². The molecule has 1 aliphatic rings. The van der Waals surface area contributed by atoms with E-state index in [9.17, 15) is 0 Å². The second-order valence-electron chi connectivity index (χ2n) is 7.33. The molecule has 1 aliphatic heterocycles. The average molecular weight is 367 g/mol. The molecule has 0 bridgehead atoms. The van der Waals surface area contributed by atoms with Gasteiger partial charge in [0.05, 0.1) is 0 Å². The molecular formula is C13H34O4Si4. The minimum atomic E-state index is -2.20. The molecule has 1 rings (SSSR count). The fourth-order valence-corrected chi connectivity index (χ4v) is 25.7. The van der Waals surface area contributed by atoms with E-state index in [4.69, 9.17) is 16.5 Å². The second kappa shape index (κ2) is 7.08. The number of hydrogen-bond acceptors (Lipinski definition) is 4. The van der Waals surface area contributed by atoms with Gasteiger partial charge in [0.1, 0.15) is 0 Å². The summed E-state index contributed by atoms with van der Waals surface area (Å²) in [6.07, 6.45) is 3.41. The van der Waals surface area contributed by atoms with Gasteiger partial charge in [-0.2, -0.15) is 0 Å². The Hall–Kier alpha value is 0.708. The third-order valence-electron chi connectivity index (χ3n) is 3.54. The van der Waals surface area contributed by atoms with E-state index in [0.29, 0.717) is 0 Å². The molecule has 0 amide bonds. The second-order valence-corrected chi connectivity index (χ2v) is 21.7. The Bertz CT molecular complexity index is 329. The maximum atomic E-state index is 6.57. The zero-order chi connectivity index (χ0) is 16.4. The molecule has 4 nitrogen and oxygen atoms in total. The van der Waals surface area contributed by atoms with E-state index in [1.54, 1.807) is 0 Å². The molecule has 126 valence electrons. The van der Waals surface area contributed by atoms with E-state index >= 15 is 0 Å². The van der Waals surface area contributed by atoms with Gasteiger partial charge >= 0.3 is 34.2 Å². The minimum Gasteiger partial charge on any atom is -0.416 e. The summed E-state index contributed by atoms with van der Waals surface area (Å²) in [6, 6.07) is 2.05. The van der Waals surface area contributed by atoms with E-state index in [0.717, 1.165) is 24.9 Å². The van der Waals surface area contributed by atoms with Crippen molar-refractivity contribution in [3.05, 3.63) is 0 Å². The van der Waals surface area contributed by atoms with E-state index in [1.807, 2.05) is 0 Å². The smallest absolute Gasteiger partial charge is 0.317 e. The standard InChI is InChI=1S/C13H34O4Si4/c1-9-11-13-21(8)16-18(3,4)14-20(7,12-10-2)15-19(5,6)17-21/h9-13H2,1-8H3. The van der Waals surface area contributed by atoms with Crippen molar-refractivity contribution in [2.24, 2.45) is 0 Å². The molecule has 8 heteroatoms. The average Bonchev–Trinajstić information content (AvgIpc) is 2.20. The Morgan fingerprint density at radius 2 is 0.952 bits per heavy atom. The maximum absolute atomic E-state index is 6.57. The highest BCUT2D eigenvalue weighted by Crippen LogP contribution is 2.34. The monoisotopic (exact) mass is 366 g/mol. The van der Waals surface area contributed by atoms with Crippen LogP contribution in [-0.4, -0.2) is 34.2 Å². The minimum absolute atomic E-state index is 1.01. The molecule has 0 unspecified atom stereocenters. The van der Waals surface area contributed by atoms with Gasteiger partial charge < -0.3 is 16.5 Å². The van der Waals surface area contributed by atoms with E-state index in [-0.39, 0.29) is 0 Å².